The zero-order valence-corrected chi connectivity index (χ0v) is 19.3. The van der Waals surface area contributed by atoms with Gasteiger partial charge in [-0.05, 0) is 50.0 Å². The van der Waals surface area contributed by atoms with Gasteiger partial charge in [0.2, 0.25) is 5.41 Å². The number of fused-ring (bicyclic) bond motifs is 1. The molecule has 2 aromatic carbocycles. The molecule has 0 N–H and O–H groups in total. The second-order valence-electron chi connectivity index (χ2n) is 7.43. The van der Waals surface area contributed by atoms with E-state index in [1.165, 1.54) is 0 Å². The average molecular weight is 453 g/mol. The monoisotopic (exact) mass is 452 g/mol. The van der Waals surface area contributed by atoms with Crippen LogP contribution in [0.5, 0.6) is 0 Å². The Balaban J connectivity index is 2.35. The first-order valence-corrected chi connectivity index (χ1v) is 11.0. The molecule has 0 fully saturated rings. The summed E-state index contributed by atoms with van der Waals surface area (Å²) in [7, 11) is 0. The Hall–Kier alpha value is -3.61. The zero-order valence-electron chi connectivity index (χ0n) is 19.3. The lowest BCUT2D eigenvalue weighted by molar-refractivity contribution is -0.162. The molecule has 0 amide bonds. The van der Waals surface area contributed by atoms with E-state index in [0.717, 1.165) is 11.1 Å². The van der Waals surface area contributed by atoms with Gasteiger partial charge in [-0.15, -0.1) is 0 Å². The van der Waals surface area contributed by atoms with Crippen molar-refractivity contribution < 1.29 is 33.3 Å². The fourth-order valence-electron chi connectivity index (χ4n) is 4.17. The highest BCUT2D eigenvalue weighted by Crippen LogP contribution is 2.50. The average Bonchev–Trinajstić information content (AvgIpc) is 3.09. The fraction of sp³-hybridized carbons (Fsp3) is 0.346. The van der Waals surface area contributed by atoms with Crippen LogP contribution >= 0.6 is 0 Å². The third-order valence-corrected chi connectivity index (χ3v) is 5.42. The Bertz CT molecular complexity index is 1070. The molecular formula is C26H28O7. The first kappa shape index (κ1) is 24.0. The molecule has 174 valence electrons. The predicted molar refractivity (Wildman–Crippen MR) is 122 cm³/mol. The second-order valence-corrected chi connectivity index (χ2v) is 7.43. The first-order chi connectivity index (χ1) is 15.9. The van der Waals surface area contributed by atoms with Crippen molar-refractivity contribution in [1.82, 2.24) is 0 Å². The Morgan fingerprint density at radius 1 is 0.788 bits per heavy atom. The molecule has 7 heteroatoms. The van der Waals surface area contributed by atoms with Crippen molar-refractivity contribution in [2.45, 2.75) is 33.1 Å². The van der Waals surface area contributed by atoms with E-state index < -0.39 is 23.5 Å². The number of aryl methyl sites for hydroxylation is 1. The van der Waals surface area contributed by atoms with E-state index in [4.69, 9.17) is 18.9 Å². The molecule has 0 atom stereocenters. The minimum Gasteiger partial charge on any atom is -0.465 e. The molecule has 0 heterocycles. The van der Waals surface area contributed by atoms with Crippen LogP contribution in [-0.4, -0.2) is 44.5 Å². The second kappa shape index (κ2) is 10.3. The molecule has 0 aliphatic heterocycles. The molecule has 1 aliphatic carbocycles. The number of rotatable bonds is 8. The van der Waals surface area contributed by atoms with Crippen LogP contribution in [0, 0.1) is 6.92 Å². The van der Waals surface area contributed by atoms with Gasteiger partial charge in [0.25, 0.3) is 0 Å². The van der Waals surface area contributed by atoms with Gasteiger partial charge < -0.3 is 18.9 Å². The molecule has 7 nitrogen and oxygen atoms in total. The Labute approximate surface area is 193 Å². The maximum Gasteiger partial charge on any atom is 0.508 e. The van der Waals surface area contributed by atoms with Crippen LogP contribution < -0.4 is 0 Å². The molecule has 3 rings (SSSR count). The summed E-state index contributed by atoms with van der Waals surface area (Å²) >= 11 is 0. The smallest absolute Gasteiger partial charge is 0.465 e. The maximum absolute atomic E-state index is 13.5. The van der Waals surface area contributed by atoms with Crippen molar-refractivity contribution in [1.29, 1.82) is 0 Å². The van der Waals surface area contributed by atoms with Gasteiger partial charge >= 0.3 is 18.1 Å². The van der Waals surface area contributed by atoms with E-state index in [0.29, 0.717) is 16.7 Å². The quantitative estimate of drug-likeness (QED) is 0.334. The fourth-order valence-corrected chi connectivity index (χ4v) is 4.17. The molecular weight excluding hydrogens is 424 g/mol. The van der Waals surface area contributed by atoms with E-state index in [1.807, 2.05) is 43.3 Å². The summed E-state index contributed by atoms with van der Waals surface area (Å²) < 4.78 is 21.1. The Morgan fingerprint density at radius 3 is 2.03 bits per heavy atom. The van der Waals surface area contributed by atoms with Crippen molar-refractivity contribution in [3.8, 4) is 0 Å². The summed E-state index contributed by atoms with van der Waals surface area (Å²) in [4.78, 5) is 39.2. The van der Waals surface area contributed by atoms with Crippen LogP contribution in [0.2, 0.25) is 0 Å². The van der Waals surface area contributed by atoms with Gasteiger partial charge in [-0.2, -0.15) is 0 Å². The summed E-state index contributed by atoms with van der Waals surface area (Å²) in [6.07, 6.45) is -0.897. The molecule has 33 heavy (non-hydrogen) atoms. The first-order valence-electron chi connectivity index (χ1n) is 11.0. The van der Waals surface area contributed by atoms with Gasteiger partial charge in [0.1, 0.15) is 6.61 Å². The molecule has 1 aliphatic rings. The lowest BCUT2D eigenvalue weighted by atomic mass is 9.77. The van der Waals surface area contributed by atoms with Crippen molar-refractivity contribution in [3.05, 3.63) is 76.4 Å². The van der Waals surface area contributed by atoms with Gasteiger partial charge in [-0.1, -0.05) is 54.1 Å². The highest BCUT2D eigenvalue weighted by atomic mass is 16.7. The van der Waals surface area contributed by atoms with Gasteiger partial charge in [0, 0.05) is 5.57 Å². The normalized spacial score (nSPS) is 13.8. The molecule has 0 saturated carbocycles. The van der Waals surface area contributed by atoms with E-state index in [2.05, 4.69) is 0 Å². The summed E-state index contributed by atoms with van der Waals surface area (Å²) in [6, 6.07) is 14.8. The molecule has 0 saturated heterocycles. The number of hydrogen-bond donors (Lipinski definition) is 0. The lowest BCUT2D eigenvalue weighted by Gasteiger charge is -2.29. The van der Waals surface area contributed by atoms with Crippen LogP contribution in [-0.2, 0) is 34.0 Å². The van der Waals surface area contributed by atoms with E-state index in [9.17, 15) is 14.4 Å². The van der Waals surface area contributed by atoms with Gasteiger partial charge in [-0.25, -0.2) is 4.79 Å². The van der Waals surface area contributed by atoms with Gasteiger partial charge in [0.05, 0.1) is 19.8 Å². The van der Waals surface area contributed by atoms with Crippen LogP contribution in [0.25, 0.3) is 5.57 Å². The summed E-state index contributed by atoms with van der Waals surface area (Å²) in [5.74, 6) is -1.55. The molecule has 0 radical (unpaired) electrons. The third-order valence-electron chi connectivity index (χ3n) is 5.42. The molecule has 0 bridgehead atoms. The van der Waals surface area contributed by atoms with Crippen LogP contribution in [0.4, 0.5) is 4.79 Å². The van der Waals surface area contributed by atoms with E-state index in [-0.39, 0.29) is 32.0 Å². The summed E-state index contributed by atoms with van der Waals surface area (Å²) in [6.45, 7) is 6.84. The van der Waals surface area contributed by atoms with Crippen molar-refractivity contribution >= 4 is 23.7 Å². The van der Waals surface area contributed by atoms with Gasteiger partial charge in [0.15, 0.2) is 0 Å². The number of carbonyl (C=O) groups excluding carboxylic acids is 3. The zero-order chi connectivity index (χ0) is 24.0. The van der Waals surface area contributed by atoms with Crippen LogP contribution in [0.3, 0.4) is 0 Å². The highest BCUT2D eigenvalue weighted by molar-refractivity contribution is 6.16. The van der Waals surface area contributed by atoms with Crippen molar-refractivity contribution in [2.75, 3.05) is 26.4 Å². The largest absolute Gasteiger partial charge is 0.508 e. The van der Waals surface area contributed by atoms with Gasteiger partial charge in [-0.3, -0.25) is 9.59 Å². The number of benzene rings is 2. The highest BCUT2D eigenvalue weighted by Gasteiger charge is 2.59. The minimum atomic E-state index is -1.91. The van der Waals surface area contributed by atoms with Crippen molar-refractivity contribution in [2.24, 2.45) is 0 Å². The lowest BCUT2D eigenvalue weighted by Crippen LogP contribution is -2.47. The summed E-state index contributed by atoms with van der Waals surface area (Å²) in [5, 5.41) is 0. The number of carbonyl (C=O) groups is 3. The molecule has 2 aromatic rings. The molecule has 0 aromatic heterocycles. The van der Waals surface area contributed by atoms with Crippen LogP contribution in [0.15, 0.2) is 54.1 Å². The number of esters is 2. The number of ether oxygens (including phenoxy) is 4. The standard InChI is InChI=1S/C26H28O7/c1-5-30-23(27)26(24(28)31-6-2)20-14-9-8-13-19(20)22(18-12-10-11-17(4)15-18)21(26)16-33-25(29)32-7-3/h8-15H,5-7,16H2,1-4H3. The maximum atomic E-state index is 13.5. The van der Waals surface area contributed by atoms with E-state index in [1.54, 1.807) is 32.9 Å². The minimum absolute atomic E-state index is 0.0634. The van der Waals surface area contributed by atoms with Crippen molar-refractivity contribution in [3.63, 3.8) is 0 Å². The Morgan fingerprint density at radius 2 is 1.42 bits per heavy atom. The SMILES string of the molecule is CCOC(=O)OCC1=C(c2cccc(C)c2)c2ccccc2C1(C(=O)OCC)C(=O)OCC. The predicted octanol–water partition coefficient (Wildman–Crippen LogP) is 4.35. The van der Waals surface area contributed by atoms with E-state index >= 15 is 0 Å². The Kier molecular flexibility index (Phi) is 7.53. The topological polar surface area (TPSA) is 88.1 Å². The third kappa shape index (κ3) is 4.35. The number of hydrogen-bond acceptors (Lipinski definition) is 7. The molecule has 0 unspecified atom stereocenters. The molecule has 0 spiro atoms. The van der Waals surface area contributed by atoms with Crippen LogP contribution in [0.1, 0.15) is 43.0 Å². The summed E-state index contributed by atoms with van der Waals surface area (Å²) in [5.41, 5.74) is 1.87.